The van der Waals surface area contributed by atoms with Crippen LogP contribution in [0, 0.1) is 0 Å². The van der Waals surface area contributed by atoms with Gasteiger partial charge in [-0.05, 0) is 18.2 Å². The van der Waals surface area contributed by atoms with Gasteiger partial charge in [-0.15, -0.1) is 0 Å². The summed E-state index contributed by atoms with van der Waals surface area (Å²) >= 11 is 0. The van der Waals surface area contributed by atoms with Gasteiger partial charge in [0.1, 0.15) is 12.4 Å². The van der Waals surface area contributed by atoms with Crippen LogP contribution >= 0.6 is 0 Å². The minimum absolute atomic E-state index is 0.0584. The third kappa shape index (κ3) is 2.89. The summed E-state index contributed by atoms with van der Waals surface area (Å²) in [6.07, 6.45) is 0. The molecule has 0 aliphatic carbocycles. The standard InChI is InChI=1S/C15H19N3O3/c1-9(2)14-16-11-6-5-10(15(20)21)7-12(11)18(14)8-13(19)17(3)4/h5-7,9H,8H2,1-4H3,(H,20,21). The highest BCUT2D eigenvalue weighted by Crippen LogP contribution is 2.23. The molecule has 1 heterocycles. The number of carboxylic acid groups (broad SMARTS) is 1. The number of imidazole rings is 1. The second-order valence-corrected chi connectivity index (χ2v) is 5.51. The van der Waals surface area contributed by atoms with Crippen LogP contribution in [-0.2, 0) is 11.3 Å². The Kier molecular flexibility index (Phi) is 3.97. The van der Waals surface area contributed by atoms with Gasteiger partial charge < -0.3 is 14.6 Å². The second kappa shape index (κ2) is 5.55. The number of carboxylic acids is 1. The maximum absolute atomic E-state index is 12.0. The number of carbonyl (C=O) groups excluding carboxylic acids is 1. The lowest BCUT2D eigenvalue weighted by Crippen LogP contribution is -2.27. The van der Waals surface area contributed by atoms with Crippen LogP contribution in [0.15, 0.2) is 18.2 Å². The van der Waals surface area contributed by atoms with Crippen molar-refractivity contribution in [2.24, 2.45) is 0 Å². The largest absolute Gasteiger partial charge is 0.478 e. The molecule has 0 saturated carbocycles. The SMILES string of the molecule is CC(C)c1nc2ccc(C(=O)O)cc2n1CC(=O)N(C)C. The number of aromatic carboxylic acids is 1. The van der Waals surface area contributed by atoms with E-state index >= 15 is 0 Å². The minimum atomic E-state index is -0.991. The van der Waals surface area contributed by atoms with Gasteiger partial charge in [-0.3, -0.25) is 4.79 Å². The summed E-state index contributed by atoms with van der Waals surface area (Å²) in [5.41, 5.74) is 1.57. The van der Waals surface area contributed by atoms with E-state index in [0.29, 0.717) is 11.0 Å². The number of carbonyl (C=O) groups is 2. The third-order valence-corrected chi connectivity index (χ3v) is 3.33. The molecular weight excluding hydrogens is 270 g/mol. The van der Waals surface area contributed by atoms with Crippen LogP contribution in [0.5, 0.6) is 0 Å². The van der Waals surface area contributed by atoms with Crippen LogP contribution in [0.4, 0.5) is 0 Å². The predicted octanol–water partition coefficient (Wildman–Crippen LogP) is 1.95. The summed E-state index contributed by atoms with van der Waals surface area (Å²) in [5, 5.41) is 9.12. The molecule has 0 atom stereocenters. The summed E-state index contributed by atoms with van der Waals surface area (Å²) in [4.78, 5) is 29.2. The van der Waals surface area contributed by atoms with E-state index in [1.54, 1.807) is 30.8 Å². The lowest BCUT2D eigenvalue weighted by atomic mass is 10.2. The van der Waals surface area contributed by atoms with Crippen LogP contribution in [0.25, 0.3) is 11.0 Å². The first kappa shape index (κ1) is 15.0. The van der Waals surface area contributed by atoms with Crippen molar-refractivity contribution in [2.45, 2.75) is 26.3 Å². The van der Waals surface area contributed by atoms with Crippen LogP contribution in [0.3, 0.4) is 0 Å². The number of benzene rings is 1. The molecule has 0 saturated heterocycles. The number of hydrogen-bond acceptors (Lipinski definition) is 3. The van der Waals surface area contributed by atoms with E-state index in [0.717, 1.165) is 5.82 Å². The van der Waals surface area contributed by atoms with Crippen molar-refractivity contribution in [3.8, 4) is 0 Å². The normalized spacial score (nSPS) is 11.1. The summed E-state index contributed by atoms with van der Waals surface area (Å²) < 4.78 is 1.80. The van der Waals surface area contributed by atoms with Crippen molar-refractivity contribution >= 4 is 22.9 Å². The Morgan fingerprint density at radius 3 is 2.52 bits per heavy atom. The fourth-order valence-corrected chi connectivity index (χ4v) is 2.16. The number of aromatic nitrogens is 2. The Labute approximate surface area is 123 Å². The average Bonchev–Trinajstić information content (AvgIpc) is 2.76. The van der Waals surface area contributed by atoms with Gasteiger partial charge >= 0.3 is 5.97 Å². The zero-order valence-electron chi connectivity index (χ0n) is 12.6. The molecule has 112 valence electrons. The lowest BCUT2D eigenvalue weighted by Gasteiger charge is -2.14. The van der Waals surface area contributed by atoms with Crippen LogP contribution in [0.1, 0.15) is 35.9 Å². The maximum Gasteiger partial charge on any atom is 0.335 e. The fraction of sp³-hybridized carbons (Fsp3) is 0.400. The van der Waals surface area contributed by atoms with Gasteiger partial charge in [0.2, 0.25) is 5.91 Å². The molecule has 0 bridgehead atoms. The molecule has 0 aliphatic heterocycles. The van der Waals surface area contributed by atoms with Crippen molar-refractivity contribution in [1.29, 1.82) is 0 Å². The van der Waals surface area contributed by atoms with E-state index in [9.17, 15) is 9.59 Å². The summed E-state index contributed by atoms with van der Waals surface area (Å²) in [5.74, 6) is -0.130. The van der Waals surface area contributed by atoms with E-state index in [1.165, 1.54) is 11.0 Å². The highest BCUT2D eigenvalue weighted by atomic mass is 16.4. The molecule has 6 heteroatoms. The zero-order valence-corrected chi connectivity index (χ0v) is 12.6. The number of fused-ring (bicyclic) bond motifs is 1. The number of rotatable bonds is 4. The van der Waals surface area contributed by atoms with Gasteiger partial charge in [-0.1, -0.05) is 13.8 Å². The molecule has 0 aliphatic rings. The first-order valence-electron chi connectivity index (χ1n) is 6.75. The Morgan fingerprint density at radius 2 is 2.00 bits per heavy atom. The Bertz CT molecular complexity index is 701. The summed E-state index contributed by atoms with van der Waals surface area (Å²) in [6, 6.07) is 4.78. The third-order valence-electron chi connectivity index (χ3n) is 3.33. The van der Waals surface area contributed by atoms with Crippen molar-refractivity contribution in [3.05, 3.63) is 29.6 Å². The van der Waals surface area contributed by atoms with Gasteiger partial charge in [-0.25, -0.2) is 9.78 Å². The van der Waals surface area contributed by atoms with E-state index in [2.05, 4.69) is 4.98 Å². The Hall–Kier alpha value is -2.37. The molecule has 0 spiro atoms. The molecule has 0 fully saturated rings. The molecule has 1 aromatic heterocycles. The van der Waals surface area contributed by atoms with Gasteiger partial charge in [-0.2, -0.15) is 0 Å². The number of hydrogen-bond donors (Lipinski definition) is 1. The lowest BCUT2D eigenvalue weighted by molar-refractivity contribution is -0.129. The molecule has 2 rings (SSSR count). The molecule has 1 aromatic carbocycles. The quantitative estimate of drug-likeness (QED) is 0.933. The zero-order chi connectivity index (χ0) is 15.7. The van der Waals surface area contributed by atoms with Crippen molar-refractivity contribution in [3.63, 3.8) is 0 Å². The van der Waals surface area contributed by atoms with Crippen molar-refractivity contribution < 1.29 is 14.7 Å². The molecule has 1 N–H and O–H groups in total. The minimum Gasteiger partial charge on any atom is -0.478 e. The van der Waals surface area contributed by atoms with E-state index in [-0.39, 0.29) is 23.9 Å². The van der Waals surface area contributed by atoms with E-state index in [1.807, 2.05) is 13.8 Å². The number of nitrogens with zero attached hydrogens (tertiary/aromatic N) is 3. The number of likely N-dealkylation sites (N-methyl/N-ethyl adjacent to an activating group) is 1. The molecule has 0 radical (unpaired) electrons. The summed E-state index contributed by atoms with van der Waals surface area (Å²) in [7, 11) is 3.39. The molecule has 2 aromatic rings. The smallest absolute Gasteiger partial charge is 0.335 e. The number of amides is 1. The topological polar surface area (TPSA) is 75.4 Å². The predicted molar refractivity (Wildman–Crippen MR) is 79.5 cm³/mol. The highest BCUT2D eigenvalue weighted by Gasteiger charge is 2.18. The van der Waals surface area contributed by atoms with Gasteiger partial charge in [0.15, 0.2) is 0 Å². The van der Waals surface area contributed by atoms with Crippen LogP contribution in [0.2, 0.25) is 0 Å². The first-order valence-corrected chi connectivity index (χ1v) is 6.75. The maximum atomic E-state index is 12.0. The monoisotopic (exact) mass is 289 g/mol. The van der Waals surface area contributed by atoms with Crippen LogP contribution in [-0.4, -0.2) is 45.5 Å². The Morgan fingerprint density at radius 1 is 1.33 bits per heavy atom. The first-order chi connectivity index (χ1) is 9.81. The van der Waals surface area contributed by atoms with Crippen LogP contribution < -0.4 is 0 Å². The second-order valence-electron chi connectivity index (χ2n) is 5.51. The summed E-state index contributed by atoms with van der Waals surface area (Å²) in [6.45, 7) is 4.14. The van der Waals surface area contributed by atoms with E-state index in [4.69, 9.17) is 5.11 Å². The molecule has 1 amide bonds. The molecule has 0 unspecified atom stereocenters. The van der Waals surface area contributed by atoms with Crippen molar-refractivity contribution in [2.75, 3.05) is 14.1 Å². The highest BCUT2D eigenvalue weighted by molar-refractivity contribution is 5.93. The van der Waals surface area contributed by atoms with Gasteiger partial charge in [0.05, 0.1) is 16.6 Å². The van der Waals surface area contributed by atoms with Gasteiger partial charge in [0.25, 0.3) is 0 Å². The fourth-order valence-electron chi connectivity index (χ4n) is 2.16. The molecule has 21 heavy (non-hydrogen) atoms. The van der Waals surface area contributed by atoms with E-state index < -0.39 is 5.97 Å². The molecular formula is C15H19N3O3. The Balaban J connectivity index is 2.61. The average molecular weight is 289 g/mol. The van der Waals surface area contributed by atoms with Crippen molar-refractivity contribution in [1.82, 2.24) is 14.5 Å². The molecule has 6 nitrogen and oxygen atoms in total. The van der Waals surface area contributed by atoms with Gasteiger partial charge in [0, 0.05) is 20.0 Å².